The Balaban J connectivity index is 2.67. The highest BCUT2D eigenvalue weighted by Crippen LogP contribution is 2.34. The summed E-state index contributed by atoms with van der Waals surface area (Å²) in [7, 11) is 0. The maximum atomic E-state index is 13.3. The lowest BCUT2D eigenvalue weighted by Crippen LogP contribution is -2.63. The summed E-state index contributed by atoms with van der Waals surface area (Å²) in [6.45, 7) is 19.9. The van der Waals surface area contributed by atoms with Crippen molar-refractivity contribution in [2.45, 2.75) is 114 Å². The van der Waals surface area contributed by atoms with Crippen molar-refractivity contribution in [3.05, 3.63) is 42.0 Å². The molecule has 0 aliphatic carbocycles. The van der Waals surface area contributed by atoms with Crippen LogP contribution in [-0.2, 0) is 42.9 Å². The van der Waals surface area contributed by atoms with E-state index in [-0.39, 0.29) is 6.61 Å². The van der Waals surface area contributed by atoms with Gasteiger partial charge in [-0.3, -0.25) is 24.2 Å². The number of aliphatic imine (C=N–C) groups is 1. The highest BCUT2D eigenvalue weighted by Gasteiger charge is 2.54. The largest absolute Gasteiger partial charge is 0.462 e. The topological polar surface area (TPSA) is 127 Å². The van der Waals surface area contributed by atoms with Crippen molar-refractivity contribution >= 4 is 36.2 Å². The van der Waals surface area contributed by atoms with Crippen LogP contribution in [0.5, 0.6) is 0 Å². The van der Waals surface area contributed by atoms with Crippen molar-refractivity contribution in [3.63, 3.8) is 0 Å². The molecular formula is C35H51NO9. The summed E-state index contributed by atoms with van der Waals surface area (Å²) in [6, 6.07) is 9.56. The van der Waals surface area contributed by atoms with Crippen molar-refractivity contribution in [3.8, 4) is 0 Å². The fraction of sp³-hybridized carbons (Fsp3) is 0.629. The molecule has 5 atom stereocenters. The summed E-state index contributed by atoms with van der Waals surface area (Å²) in [6.07, 6.45) is -1.28. The first-order valence-electron chi connectivity index (χ1n) is 15.2. The van der Waals surface area contributed by atoms with Gasteiger partial charge in [0.1, 0.15) is 12.7 Å². The van der Waals surface area contributed by atoms with Gasteiger partial charge in [0.15, 0.2) is 24.5 Å². The lowest BCUT2D eigenvalue weighted by atomic mass is 9.92. The number of ether oxygens (including phenoxy) is 5. The van der Waals surface area contributed by atoms with E-state index in [9.17, 15) is 19.2 Å². The molecule has 0 radical (unpaired) electrons. The van der Waals surface area contributed by atoms with E-state index in [0.717, 1.165) is 5.56 Å². The van der Waals surface area contributed by atoms with Crippen molar-refractivity contribution < 1.29 is 42.9 Å². The van der Waals surface area contributed by atoms with Gasteiger partial charge in [-0.15, -0.1) is 0 Å². The summed E-state index contributed by atoms with van der Waals surface area (Å²) in [5.74, 6) is -2.36. The number of rotatable bonds is 8. The number of benzene rings is 1. The molecule has 2 rings (SSSR count). The molecule has 0 spiro atoms. The zero-order valence-electron chi connectivity index (χ0n) is 28.8. The zero-order valence-corrected chi connectivity index (χ0v) is 28.8. The lowest BCUT2D eigenvalue weighted by Gasteiger charge is -2.45. The SMILES string of the molecule is CC(C)(C)C(=O)OCC1O[C@@H](N=C/C=C/c2ccccc2)C(OC(=O)C(C)(C)C)[C@H](OC(=O)C(C)(C)C)[C@@H]1OC(=O)C(C)(C)C. The normalized spacial score (nSPS) is 23.1. The molecule has 1 aromatic carbocycles. The van der Waals surface area contributed by atoms with E-state index in [2.05, 4.69) is 4.99 Å². The fourth-order valence-corrected chi connectivity index (χ4v) is 3.68. The quantitative estimate of drug-likeness (QED) is 0.194. The first-order chi connectivity index (χ1) is 20.5. The van der Waals surface area contributed by atoms with Crippen LogP contribution in [0.25, 0.3) is 6.08 Å². The van der Waals surface area contributed by atoms with Gasteiger partial charge in [0, 0.05) is 6.21 Å². The molecule has 1 aromatic rings. The summed E-state index contributed by atoms with van der Waals surface area (Å²) in [5, 5.41) is 0. The third-order valence-corrected chi connectivity index (χ3v) is 6.57. The second-order valence-corrected chi connectivity index (χ2v) is 15.3. The number of carbonyl (C=O) groups excluding carboxylic acids is 4. The zero-order chi connectivity index (χ0) is 34.4. The third kappa shape index (κ3) is 11.4. The molecule has 10 heteroatoms. The molecule has 10 nitrogen and oxygen atoms in total. The Bertz CT molecular complexity index is 1240. The second kappa shape index (κ2) is 14.7. The molecule has 1 heterocycles. The summed E-state index contributed by atoms with van der Waals surface area (Å²) < 4.78 is 29.8. The van der Waals surface area contributed by atoms with Crippen LogP contribution in [-0.4, -0.2) is 67.3 Å². The molecule has 0 amide bonds. The Labute approximate surface area is 267 Å². The average molecular weight is 630 g/mol. The molecule has 1 aliphatic heterocycles. The van der Waals surface area contributed by atoms with Crippen LogP contribution >= 0.6 is 0 Å². The van der Waals surface area contributed by atoms with E-state index in [0.29, 0.717) is 0 Å². The summed E-state index contributed by atoms with van der Waals surface area (Å²) in [4.78, 5) is 57.1. The Morgan fingerprint density at radius 1 is 0.667 bits per heavy atom. The Morgan fingerprint density at radius 2 is 1.11 bits per heavy atom. The molecule has 45 heavy (non-hydrogen) atoms. The van der Waals surface area contributed by atoms with E-state index in [1.165, 1.54) is 6.21 Å². The van der Waals surface area contributed by atoms with Gasteiger partial charge < -0.3 is 23.7 Å². The molecule has 250 valence electrons. The Morgan fingerprint density at radius 3 is 1.58 bits per heavy atom. The molecule has 0 N–H and O–H groups in total. The van der Waals surface area contributed by atoms with Gasteiger partial charge in [-0.25, -0.2) is 0 Å². The highest BCUT2D eigenvalue weighted by atomic mass is 16.7. The van der Waals surface area contributed by atoms with E-state index >= 15 is 0 Å². The number of carbonyl (C=O) groups is 4. The minimum Gasteiger partial charge on any atom is -0.462 e. The van der Waals surface area contributed by atoms with E-state index in [1.54, 1.807) is 89.2 Å². The average Bonchev–Trinajstić information content (AvgIpc) is 2.90. The highest BCUT2D eigenvalue weighted by molar-refractivity contribution is 5.79. The fourth-order valence-electron chi connectivity index (χ4n) is 3.68. The molecule has 0 bridgehead atoms. The van der Waals surface area contributed by atoms with Gasteiger partial charge in [-0.2, -0.15) is 0 Å². The predicted octanol–water partition coefficient (Wildman–Crippen LogP) is 5.96. The van der Waals surface area contributed by atoms with Crippen molar-refractivity contribution in [2.24, 2.45) is 26.7 Å². The van der Waals surface area contributed by atoms with Crippen LogP contribution in [0.4, 0.5) is 0 Å². The minimum atomic E-state index is -1.35. The second-order valence-electron chi connectivity index (χ2n) is 15.3. The lowest BCUT2D eigenvalue weighted by molar-refractivity contribution is -0.258. The number of nitrogens with zero attached hydrogens (tertiary/aromatic N) is 1. The van der Waals surface area contributed by atoms with Crippen LogP contribution in [0.3, 0.4) is 0 Å². The van der Waals surface area contributed by atoms with Crippen molar-refractivity contribution in [2.75, 3.05) is 6.61 Å². The molecular weight excluding hydrogens is 578 g/mol. The molecule has 0 saturated carbocycles. The van der Waals surface area contributed by atoms with Crippen molar-refractivity contribution in [1.29, 1.82) is 0 Å². The predicted molar refractivity (Wildman–Crippen MR) is 171 cm³/mol. The monoisotopic (exact) mass is 629 g/mol. The number of esters is 4. The van der Waals surface area contributed by atoms with Crippen LogP contribution < -0.4 is 0 Å². The van der Waals surface area contributed by atoms with Crippen LogP contribution in [0.1, 0.15) is 88.6 Å². The summed E-state index contributed by atoms with van der Waals surface area (Å²) >= 11 is 0. The number of allylic oxidation sites excluding steroid dienone is 1. The minimum absolute atomic E-state index is 0.340. The standard InChI is InChI=1S/C35H51NO9/c1-32(2,3)28(37)41-21-23-24(43-29(38)33(4,5)6)25(44-30(39)34(7,8)9)26(45-31(40)35(10,11)12)27(42-23)36-20-16-19-22-17-14-13-15-18-22/h13-20,23-27H,21H2,1-12H3/b19-16+,36-20?/t23?,24-,25-,26?,27-/m1/s1. The van der Waals surface area contributed by atoms with Gasteiger partial charge in [0.2, 0.25) is 0 Å². The molecule has 0 aromatic heterocycles. The van der Waals surface area contributed by atoms with Gasteiger partial charge >= 0.3 is 23.9 Å². The maximum absolute atomic E-state index is 13.3. The van der Waals surface area contributed by atoms with Crippen LogP contribution in [0, 0.1) is 21.7 Å². The number of hydrogen-bond donors (Lipinski definition) is 0. The van der Waals surface area contributed by atoms with Gasteiger partial charge in [0.25, 0.3) is 0 Å². The smallest absolute Gasteiger partial charge is 0.311 e. The molecule has 1 aliphatic rings. The first-order valence-corrected chi connectivity index (χ1v) is 15.2. The van der Waals surface area contributed by atoms with Gasteiger partial charge in [-0.1, -0.05) is 36.4 Å². The number of hydrogen-bond acceptors (Lipinski definition) is 10. The van der Waals surface area contributed by atoms with E-state index < -0.39 is 76.2 Å². The third-order valence-electron chi connectivity index (χ3n) is 6.57. The van der Waals surface area contributed by atoms with E-state index in [4.69, 9.17) is 23.7 Å². The van der Waals surface area contributed by atoms with Gasteiger partial charge in [0.05, 0.1) is 21.7 Å². The van der Waals surface area contributed by atoms with Crippen LogP contribution in [0.2, 0.25) is 0 Å². The maximum Gasteiger partial charge on any atom is 0.311 e. The Hall–Kier alpha value is -3.53. The van der Waals surface area contributed by atoms with Crippen molar-refractivity contribution in [1.82, 2.24) is 0 Å². The van der Waals surface area contributed by atoms with Crippen LogP contribution in [0.15, 0.2) is 41.4 Å². The first kappa shape index (κ1) is 37.7. The van der Waals surface area contributed by atoms with E-state index in [1.807, 2.05) is 36.4 Å². The van der Waals surface area contributed by atoms with Gasteiger partial charge in [-0.05, 0) is 94.7 Å². The Kier molecular flexibility index (Phi) is 12.3. The molecule has 1 saturated heterocycles. The molecule has 1 fully saturated rings. The molecule has 2 unspecified atom stereocenters. The summed E-state index contributed by atoms with van der Waals surface area (Å²) in [5.41, 5.74) is -2.73.